The third-order valence-corrected chi connectivity index (χ3v) is 3.48. The van der Waals surface area contributed by atoms with Crippen molar-refractivity contribution in [2.75, 3.05) is 0 Å². The maximum absolute atomic E-state index is 10.7. The zero-order chi connectivity index (χ0) is 7.78. The minimum absolute atomic E-state index is 0.146. The molecular weight excluding hydrogens is 170 g/mol. The molecule has 1 rings (SSSR count). The molecule has 0 aliphatic carbocycles. The molecule has 0 unspecified atom stereocenters. The van der Waals surface area contributed by atoms with Gasteiger partial charge in [-0.25, -0.2) is 13.6 Å². The van der Waals surface area contributed by atoms with Gasteiger partial charge in [-0.05, 0) is 23.9 Å². The highest BCUT2D eigenvalue weighted by Gasteiger charge is 2.11. The van der Waals surface area contributed by atoms with E-state index < -0.39 is 10.0 Å². The average Bonchev–Trinajstić information content (AvgIpc) is 2.11. The van der Waals surface area contributed by atoms with Crippen LogP contribution in [0.4, 0.5) is 0 Å². The highest BCUT2D eigenvalue weighted by atomic mass is 32.2. The lowest BCUT2D eigenvalue weighted by Gasteiger charge is -1.91. The fraction of sp³-hybridized carbons (Fsp3) is 0. The van der Waals surface area contributed by atoms with Gasteiger partial charge in [-0.3, -0.25) is 0 Å². The van der Waals surface area contributed by atoms with Crippen LogP contribution in [0.3, 0.4) is 0 Å². The maximum atomic E-state index is 10.7. The normalized spacial score (nSPS) is 11.8. The van der Waals surface area contributed by atoms with E-state index in [-0.39, 0.29) is 4.21 Å². The van der Waals surface area contributed by atoms with E-state index in [4.69, 9.17) is 5.14 Å². The van der Waals surface area contributed by atoms with Gasteiger partial charge in [0.2, 0.25) is 10.0 Å². The first-order valence-corrected chi connectivity index (χ1v) is 4.86. The maximum Gasteiger partial charge on any atom is 0.247 e. The zero-order valence-electron chi connectivity index (χ0n) is 5.07. The second kappa shape index (κ2) is 2.34. The van der Waals surface area contributed by atoms with Crippen LogP contribution in [0.25, 0.3) is 0 Å². The number of rotatable bonds is 1. The Hall–Kier alpha value is -0.390. The Morgan fingerprint density at radius 3 is 2.40 bits per heavy atom. The molecule has 0 saturated heterocycles. The highest BCUT2D eigenvalue weighted by molar-refractivity contribution is 7.91. The second-order valence-corrected chi connectivity index (χ2v) is 4.45. The molecule has 1 heterocycles. The van der Waals surface area contributed by atoms with Crippen LogP contribution in [-0.4, -0.2) is 8.42 Å². The van der Waals surface area contributed by atoms with Gasteiger partial charge in [0.25, 0.3) is 0 Å². The molecule has 5 heteroatoms. The van der Waals surface area contributed by atoms with Gasteiger partial charge >= 0.3 is 0 Å². The summed E-state index contributed by atoms with van der Waals surface area (Å²) < 4.78 is 21.5. The highest BCUT2D eigenvalue weighted by Crippen LogP contribution is 2.19. The number of nitrogens with two attached hydrogens (primary N) is 1. The summed E-state index contributed by atoms with van der Waals surface area (Å²) in [5.41, 5.74) is 0.465. The number of sulfonamides is 1. The van der Waals surface area contributed by atoms with Crippen LogP contribution < -0.4 is 5.14 Å². The summed E-state index contributed by atoms with van der Waals surface area (Å²) >= 11 is 1.08. The quantitative estimate of drug-likeness (QED) is 0.680. The molecule has 0 aromatic carbocycles. The Morgan fingerprint density at radius 1 is 1.60 bits per heavy atom. The van der Waals surface area contributed by atoms with E-state index in [0.717, 1.165) is 11.3 Å². The van der Waals surface area contributed by atoms with E-state index in [9.17, 15) is 8.42 Å². The van der Waals surface area contributed by atoms with Crippen molar-refractivity contribution < 1.29 is 8.42 Å². The van der Waals surface area contributed by atoms with Crippen molar-refractivity contribution in [3.8, 4) is 0 Å². The first-order valence-electron chi connectivity index (χ1n) is 2.44. The van der Waals surface area contributed by atoms with Crippen LogP contribution in [0, 0.1) is 6.92 Å². The molecule has 1 aromatic heterocycles. The van der Waals surface area contributed by atoms with E-state index >= 15 is 0 Å². The zero-order valence-corrected chi connectivity index (χ0v) is 6.71. The average molecular weight is 176 g/mol. The van der Waals surface area contributed by atoms with Crippen LogP contribution in [0.5, 0.6) is 0 Å². The summed E-state index contributed by atoms with van der Waals surface area (Å²) in [5.74, 6) is 0. The van der Waals surface area contributed by atoms with Crippen LogP contribution >= 0.6 is 11.3 Å². The Morgan fingerprint density at radius 2 is 2.20 bits per heavy atom. The molecule has 0 spiro atoms. The molecule has 1 aromatic rings. The number of hydrogen-bond donors (Lipinski definition) is 1. The number of primary sulfonamides is 1. The Balaban J connectivity index is 3.32. The summed E-state index contributed by atoms with van der Waals surface area (Å²) in [5, 5.41) is 6.49. The van der Waals surface area contributed by atoms with Crippen molar-refractivity contribution in [2.45, 2.75) is 4.21 Å². The van der Waals surface area contributed by atoms with Gasteiger partial charge in [0.1, 0.15) is 4.21 Å². The van der Waals surface area contributed by atoms with Gasteiger partial charge in [-0.2, -0.15) is 0 Å². The van der Waals surface area contributed by atoms with E-state index in [1.54, 1.807) is 11.4 Å². The molecule has 0 fully saturated rings. The lowest BCUT2D eigenvalue weighted by Crippen LogP contribution is -2.11. The van der Waals surface area contributed by atoms with Gasteiger partial charge in [0.05, 0.1) is 0 Å². The molecule has 2 N–H and O–H groups in total. The number of hydrogen-bond acceptors (Lipinski definition) is 3. The first-order chi connectivity index (χ1) is 4.52. The Bertz CT molecular complexity index is 325. The van der Waals surface area contributed by atoms with E-state index in [0.29, 0.717) is 5.56 Å². The predicted octanol–water partition coefficient (Wildman–Crippen LogP) is 0.578. The van der Waals surface area contributed by atoms with Gasteiger partial charge in [-0.1, -0.05) is 0 Å². The molecule has 10 heavy (non-hydrogen) atoms. The van der Waals surface area contributed by atoms with Crippen LogP contribution in [0.2, 0.25) is 0 Å². The first kappa shape index (κ1) is 7.71. The molecule has 0 amide bonds. The van der Waals surface area contributed by atoms with E-state index in [1.807, 2.05) is 0 Å². The van der Waals surface area contributed by atoms with Crippen molar-refractivity contribution in [3.63, 3.8) is 0 Å². The van der Waals surface area contributed by atoms with Crippen LogP contribution in [0.15, 0.2) is 15.7 Å². The molecule has 0 bridgehead atoms. The SMILES string of the molecule is [CH2]c1ccsc1S(N)(=O)=O. The standard InChI is InChI=1S/C5H6NO2S2/c1-4-2-3-9-5(4)10(6,7)8/h2-3H,1H2,(H2,6,7,8). The summed E-state index contributed by atoms with van der Waals surface area (Å²) in [6, 6.07) is 1.62. The van der Waals surface area contributed by atoms with Crippen molar-refractivity contribution in [1.82, 2.24) is 0 Å². The van der Waals surface area contributed by atoms with Gasteiger partial charge in [-0.15, -0.1) is 11.3 Å². The summed E-state index contributed by atoms with van der Waals surface area (Å²) in [4.78, 5) is 0. The smallest absolute Gasteiger partial charge is 0.224 e. The van der Waals surface area contributed by atoms with Crippen LogP contribution in [-0.2, 0) is 10.0 Å². The van der Waals surface area contributed by atoms with E-state index in [2.05, 4.69) is 6.92 Å². The van der Waals surface area contributed by atoms with Gasteiger partial charge < -0.3 is 0 Å². The minimum atomic E-state index is -3.53. The number of thiophene rings is 1. The third kappa shape index (κ3) is 1.36. The second-order valence-electron chi connectivity index (χ2n) is 1.78. The molecule has 3 nitrogen and oxygen atoms in total. The van der Waals surface area contributed by atoms with E-state index in [1.165, 1.54) is 0 Å². The van der Waals surface area contributed by atoms with Crippen molar-refractivity contribution in [1.29, 1.82) is 0 Å². The Kier molecular flexibility index (Phi) is 1.80. The van der Waals surface area contributed by atoms with Crippen molar-refractivity contribution in [2.24, 2.45) is 5.14 Å². The van der Waals surface area contributed by atoms with Gasteiger partial charge in [0, 0.05) is 0 Å². The van der Waals surface area contributed by atoms with Gasteiger partial charge in [0.15, 0.2) is 0 Å². The molecule has 55 valence electrons. The molecule has 0 aliphatic rings. The van der Waals surface area contributed by atoms with Crippen LogP contribution in [0.1, 0.15) is 5.56 Å². The topological polar surface area (TPSA) is 60.2 Å². The lowest BCUT2D eigenvalue weighted by molar-refractivity contribution is 0.599. The largest absolute Gasteiger partial charge is 0.247 e. The lowest BCUT2D eigenvalue weighted by atomic mass is 10.4. The minimum Gasteiger partial charge on any atom is -0.224 e. The molecule has 0 aliphatic heterocycles. The summed E-state index contributed by atoms with van der Waals surface area (Å²) in [7, 11) is -3.53. The third-order valence-electron chi connectivity index (χ3n) is 0.965. The summed E-state index contributed by atoms with van der Waals surface area (Å²) in [6.07, 6.45) is 0. The fourth-order valence-corrected chi connectivity index (χ4v) is 2.28. The Labute approximate surface area is 63.5 Å². The molecule has 1 radical (unpaired) electrons. The van der Waals surface area contributed by atoms with Crippen molar-refractivity contribution >= 4 is 21.4 Å². The fourth-order valence-electron chi connectivity index (χ4n) is 0.571. The van der Waals surface area contributed by atoms with Crippen molar-refractivity contribution in [3.05, 3.63) is 23.9 Å². The molecule has 0 saturated carbocycles. The summed E-state index contributed by atoms with van der Waals surface area (Å²) in [6.45, 7) is 3.50. The predicted molar refractivity (Wildman–Crippen MR) is 40.2 cm³/mol. The molecule has 0 atom stereocenters. The monoisotopic (exact) mass is 176 g/mol. The molecular formula is C5H6NO2S2.